The number of nitrogens with zero attached hydrogens (tertiary/aromatic N) is 1. The van der Waals surface area contributed by atoms with Gasteiger partial charge in [-0.3, -0.25) is 4.79 Å². The summed E-state index contributed by atoms with van der Waals surface area (Å²) < 4.78 is 0. The third kappa shape index (κ3) is 3.85. The van der Waals surface area contributed by atoms with Gasteiger partial charge in [-0.2, -0.15) is 0 Å². The van der Waals surface area contributed by atoms with E-state index < -0.39 is 5.97 Å². The zero-order valence-corrected chi connectivity index (χ0v) is 9.63. The van der Waals surface area contributed by atoms with Crippen LogP contribution in [-0.2, 0) is 4.79 Å². The molecule has 0 saturated carbocycles. The van der Waals surface area contributed by atoms with Crippen LogP contribution in [0.15, 0.2) is 5.38 Å². The van der Waals surface area contributed by atoms with Gasteiger partial charge in [-0.15, -0.1) is 11.3 Å². The van der Waals surface area contributed by atoms with Crippen LogP contribution in [0.4, 0.5) is 5.13 Å². The quantitative estimate of drug-likeness (QED) is 0.686. The predicted octanol–water partition coefficient (Wildman–Crippen LogP) is 0.779. The van der Waals surface area contributed by atoms with Gasteiger partial charge < -0.3 is 15.7 Å². The molecule has 1 rings (SSSR count). The summed E-state index contributed by atoms with van der Waals surface area (Å²) in [5.74, 6) is -1.09. The topological polar surface area (TPSA) is 91.3 Å². The highest BCUT2D eigenvalue weighted by Crippen LogP contribution is 2.14. The Morgan fingerprint density at radius 2 is 2.31 bits per heavy atom. The number of carbonyl (C=O) groups is 2. The molecule has 6 nitrogen and oxygen atoms in total. The summed E-state index contributed by atoms with van der Waals surface area (Å²) in [6, 6.07) is 0. The second-order valence-electron chi connectivity index (χ2n) is 2.97. The Morgan fingerprint density at radius 1 is 1.56 bits per heavy atom. The maximum atomic E-state index is 11.1. The number of hydrogen-bond acceptors (Lipinski definition) is 5. The number of aromatic nitrogens is 1. The fraction of sp³-hybridized carbons (Fsp3) is 0.444. The molecular weight excluding hydrogens is 230 g/mol. The van der Waals surface area contributed by atoms with E-state index in [2.05, 4.69) is 15.6 Å². The van der Waals surface area contributed by atoms with Crippen LogP contribution in [0.3, 0.4) is 0 Å². The smallest absolute Gasteiger partial charge is 0.355 e. The van der Waals surface area contributed by atoms with E-state index >= 15 is 0 Å². The minimum absolute atomic E-state index is 0.0190. The molecule has 0 unspecified atom stereocenters. The molecule has 3 N–H and O–H groups in total. The average molecular weight is 243 g/mol. The Balaban J connectivity index is 2.32. The lowest BCUT2D eigenvalue weighted by Gasteiger charge is -2.02. The number of carboxylic acids is 1. The van der Waals surface area contributed by atoms with Crippen LogP contribution < -0.4 is 10.6 Å². The fourth-order valence-electron chi connectivity index (χ4n) is 1.02. The zero-order valence-electron chi connectivity index (χ0n) is 8.82. The molecule has 0 spiro atoms. The number of anilines is 1. The molecule has 0 fully saturated rings. The number of hydrogen-bond donors (Lipinski definition) is 3. The van der Waals surface area contributed by atoms with Crippen molar-refractivity contribution in [2.75, 3.05) is 18.4 Å². The van der Waals surface area contributed by atoms with Crippen molar-refractivity contribution >= 4 is 28.3 Å². The van der Waals surface area contributed by atoms with E-state index in [-0.39, 0.29) is 11.6 Å². The van der Waals surface area contributed by atoms with Crippen molar-refractivity contribution in [1.29, 1.82) is 0 Å². The van der Waals surface area contributed by atoms with E-state index in [0.717, 1.165) is 0 Å². The molecule has 0 atom stereocenters. The van der Waals surface area contributed by atoms with Crippen molar-refractivity contribution in [3.05, 3.63) is 11.1 Å². The summed E-state index contributed by atoms with van der Waals surface area (Å²) >= 11 is 1.21. The van der Waals surface area contributed by atoms with Crippen LogP contribution >= 0.6 is 11.3 Å². The van der Waals surface area contributed by atoms with Crippen LogP contribution in [-0.4, -0.2) is 35.1 Å². The molecule has 0 aromatic carbocycles. The molecule has 1 heterocycles. The van der Waals surface area contributed by atoms with Crippen molar-refractivity contribution in [2.45, 2.75) is 13.3 Å². The van der Waals surface area contributed by atoms with Crippen molar-refractivity contribution in [1.82, 2.24) is 10.3 Å². The van der Waals surface area contributed by atoms with E-state index in [9.17, 15) is 9.59 Å². The van der Waals surface area contributed by atoms with Gasteiger partial charge in [0.15, 0.2) is 10.8 Å². The number of nitrogens with one attached hydrogen (secondary N) is 2. The third-order valence-corrected chi connectivity index (χ3v) is 2.53. The Labute approximate surface area is 96.7 Å². The molecular formula is C9H13N3O3S. The third-order valence-electron chi connectivity index (χ3n) is 1.73. The summed E-state index contributed by atoms with van der Waals surface area (Å²) in [4.78, 5) is 25.4. The van der Waals surface area contributed by atoms with Crippen LogP contribution in [0.5, 0.6) is 0 Å². The highest BCUT2D eigenvalue weighted by molar-refractivity contribution is 7.13. The standard InChI is InChI=1S/C9H13N3O3S/c1-2-10-7(13)3-4-11-9-12-6(5-16-9)8(14)15/h5H,2-4H2,1H3,(H,10,13)(H,11,12)(H,14,15). The number of thiazole rings is 1. The van der Waals surface area contributed by atoms with Gasteiger partial charge in [-0.25, -0.2) is 9.78 Å². The molecule has 1 aromatic rings. The largest absolute Gasteiger partial charge is 0.476 e. The van der Waals surface area contributed by atoms with E-state index in [4.69, 9.17) is 5.11 Å². The number of amides is 1. The summed E-state index contributed by atoms with van der Waals surface area (Å²) in [5, 5.41) is 16.2. The SMILES string of the molecule is CCNC(=O)CCNc1nc(C(=O)O)cs1. The monoisotopic (exact) mass is 243 g/mol. The minimum atomic E-state index is -1.05. The molecule has 16 heavy (non-hydrogen) atoms. The van der Waals surface area contributed by atoms with Gasteiger partial charge in [-0.1, -0.05) is 0 Å². The van der Waals surface area contributed by atoms with Gasteiger partial charge in [0.2, 0.25) is 5.91 Å². The molecule has 1 amide bonds. The van der Waals surface area contributed by atoms with Gasteiger partial charge in [0.05, 0.1) is 0 Å². The fourth-order valence-corrected chi connectivity index (χ4v) is 1.73. The zero-order chi connectivity index (χ0) is 12.0. The minimum Gasteiger partial charge on any atom is -0.476 e. The van der Waals surface area contributed by atoms with Gasteiger partial charge in [0.25, 0.3) is 0 Å². The average Bonchev–Trinajstić information content (AvgIpc) is 2.67. The molecule has 0 saturated heterocycles. The van der Waals surface area contributed by atoms with Crippen LogP contribution in [0.2, 0.25) is 0 Å². The van der Waals surface area contributed by atoms with Gasteiger partial charge >= 0.3 is 5.97 Å². The molecule has 0 bridgehead atoms. The molecule has 7 heteroatoms. The van der Waals surface area contributed by atoms with E-state index in [0.29, 0.717) is 24.6 Å². The lowest BCUT2D eigenvalue weighted by atomic mass is 10.4. The lowest BCUT2D eigenvalue weighted by molar-refractivity contribution is -0.120. The second kappa shape index (κ2) is 6.06. The number of carboxylic acid groups (broad SMARTS) is 1. The van der Waals surface area contributed by atoms with Crippen molar-refractivity contribution < 1.29 is 14.7 Å². The van der Waals surface area contributed by atoms with Gasteiger partial charge in [0.1, 0.15) is 0 Å². The summed E-state index contributed by atoms with van der Waals surface area (Å²) in [6.45, 7) is 2.91. The first-order valence-electron chi connectivity index (χ1n) is 4.83. The van der Waals surface area contributed by atoms with Crippen molar-refractivity contribution in [2.24, 2.45) is 0 Å². The molecule has 1 aromatic heterocycles. The lowest BCUT2D eigenvalue weighted by Crippen LogP contribution is -2.24. The van der Waals surface area contributed by atoms with Crippen molar-refractivity contribution in [3.8, 4) is 0 Å². The second-order valence-corrected chi connectivity index (χ2v) is 3.83. The van der Waals surface area contributed by atoms with Gasteiger partial charge in [0, 0.05) is 24.9 Å². The Kier molecular flexibility index (Phi) is 4.71. The van der Waals surface area contributed by atoms with Gasteiger partial charge in [-0.05, 0) is 6.92 Å². The van der Waals surface area contributed by atoms with Crippen LogP contribution in [0.1, 0.15) is 23.8 Å². The van der Waals surface area contributed by atoms with E-state index in [1.807, 2.05) is 6.92 Å². The molecule has 0 aliphatic heterocycles. The Morgan fingerprint density at radius 3 is 2.88 bits per heavy atom. The van der Waals surface area contributed by atoms with Crippen LogP contribution in [0, 0.1) is 0 Å². The highest BCUT2D eigenvalue weighted by atomic mass is 32.1. The highest BCUT2D eigenvalue weighted by Gasteiger charge is 2.08. The number of rotatable bonds is 6. The number of aromatic carboxylic acids is 1. The number of carbonyl (C=O) groups excluding carboxylic acids is 1. The van der Waals surface area contributed by atoms with Crippen LogP contribution in [0.25, 0.3) is 0 Å². The van der Waals surface area contributed by atoms with E-state index in [1.54, 1.807) is 0 Å². The molecule has 88 valence electrons. The van der Waals surface area contributed by atoms with E-state index in [1.165, 1.54) is 16.7 Å². The molecule has 0 aliphatic rings. The summed E-state index contributed by atoms with van der Waals surface area (Å²) in [6.07, 6.45) is 0.343. The predicted molar refractivity (Wildman–Crippen MR) is 60.9 cm³/mol. The summed E-state index contributed by atoms with van der Waals surface area (Å²) in [7, 11) is 0. The first kappa shape index (κ1) is 12.4. The maximum absolute atomic E-state index is 11.1. The van der Waals surface area contributed by atoms with Crippen molar-refractivity contribution in [3.63, 3.8) is 0 Å². The summed E-state index contributed by atoms with van der Waals surface area (Å²) in [5.41, 5.74) is 0.0190. The first-order chi connectivity index (χ1) is 7.63. The molecule has 0 aliphatic carbocycles. The first-order valence-corrected chi connectivity index (χ1v) is 5.70. The Hall–Kier alpha value is -1.63. The maximum Gasteiger partial charge on any atom is 0.355 e. The normalized spacial score (nSPS) is 9.81. The Bertz CT molecular complexity index is 378. The molecule has 0 radical (unpaired) electrons.